The van der Waals surface area contributed by atoms with E-state index in [-0.39, 0.29) is 12.1 Å². The Labute approximate surface area is 121 Å². The molecular weight excluding hydrogens is 286 g/mol. The van der Waals surface area contributed by atoms with Crippen LogP contribution in [-0.4, -0.2) is 19.8 Å². The predicted molar refractivity (Wildman–Crippen MR) is 71.4 cm³/mol. The summed E-state index contributed by atoms with van der Waals surface area (Å²) in [6, 6.07) is 2.88. The predicted octanol–water partition coefficient (Wildman–Crippen LogP) is 4.06. The molecule has 2 nitrogen and oxygen atoms in total. The maximum Gasteiger partial charge on any atom is 0.419 e. The van der Waals surface area contributed by atoms with Crippen LogP contribution < -0.4 is 5.32 Å². The lowest BCUT2D eigenvalue weighted by Gasteiger charge is -2.27. The Kier molecular flexibility index (Phi) is 5.22. The molecule has 0 aliphatic carbocycles. The van der Waals surface area contributed by atoms with Gasteiger partial charge in [0, 0.05) is 12.6 Å². The van der Waals surface area contributed by atoms with E-state index in [0.29, 0.717) is 18.6 Å². The molecule has 2 unspecified atom stereocenters. The van der Waals surface area contributed by atoms with Crippen molar-refractivity contribution in [3.63, 3.8) is 0 Å². The number of rotatable bonds is 4. The fraction of sp³-hybridized carbons (Fsp3) is 0.600. The molecule has 0 saturated carbocycles. The molecule has 2 rings (SSSR count). The molecule has 2 atom stereocenters. The Balaban J connectivity index is 2.12. The third-order valence-corrected chi connectivity index (χ3v) is 3.82. The first-order valence-electron chi connectivity index (χ1n) is 7.07. The standard InChI is InChI=1S/C15H19F4NO/c1-20-14(9-11-4-2-3-7-21-11)10-5-6-12(13(16)8-10)15(17,18)19/h5-6,8,11,14,20H,2-4,7,9H2,1H3. The number of ether oxygens (including phenoxy) is 1. The Morgan fingerprint density at radius 1 is 1.33 bits per heavy atom. The van der Waals surface area contributed by atoms with Gasteiger partial charge in [0.25, 0.3) is 0 Å². The van der Waals surface area contributed by atoms with Crippen LogP contribution in [0, 0.1) is 5.82 Å². The van der Waals surface area contributed by atoms with Crippen molar-refractivity contribution in [1.29, 1.82) is 0 Å². The molecule has 1 N–H and O–H groups in total. The summed E-state index contributed by atoms with van der Waals surface area (Å²) in [5, 5.41) is 3.02. The van der Waals surface area contributed by atoms with E-state index in [4.69, 9.17) is 4.74 Å². The minimum absolute atomic E-state index is 0.0709. The van der Waals surface area contributed by atoms with Gasteiger partial charge >= 0.3 is 6.18 Å². The van der Waals surface area contributed by atoms with Crippen LogP contribution in [0.3, 0.4) is 0 Å². The molecule has 1 heterocycles. The lowest BCUT2D eigenvalue weighted by Crippen LogP contribution is -2.27. The largest absolute Gasteiger partial charge is 0.419 e. The lowest BCUT2D eigenvalue weighted by atomic mass is 9.96. The van der Waals surface area contributed by atoms with Gasteiger partial charge in [0.15, 0.2) is 0 Å². The first kappa shape index (κ1) is 16.2. The highest BCUT2D eigenvalue weighted by molar-refractivity contribution is 5.28. The summed E-state index contributed by atoms with van der Waals surface area (Å²) in [4.78, 5) is 0. The van der Waals surface area contributed by atoms with Gasteiger partial charge in [0.1, 0.15) is 5.82 Å². The summed E-state index contributed by atoms with van der Waals surface area (Å²) < 4.78 is 56.9. The van der Waals surface area contributed by atoms with Gasteiger partial charge in [-0.3, -0.25) is 0 Å². The van der Waals surface area contributed by atoms with Gasteiger partial charge < -0.3 is 10.1 Å². The third kappa shape index (κ3) is 4.17. The first-order chi connectivity index (χ1) is 9.91. The normalized spacial score (nSPS) is 21.3. The zero-order valence-corrected chi connectivity index (χ0v) is 11.8. The fourth-order valence-electron chi connectivity index (χ4n) is 2.65. The molecule has 1 fully saturated rings. The second kappa shape index (κ2) is 6.75. The van der Waals surface area contributed by atoms with Gasteiger partial charge in [-0.1, -0.05) is 6.07 Å². The molecule has 1 aliphatic heterocycles. The van der Waals surface area contributed by atoms with Crippen LogP contribution in [-0.2, 0) is 10.9 Å². The van der Waals surface area contributed by atoms with Crippen LogP contribution in [0.5, 0.6) is 0 Å². The number of hydrogen-bond donors (Lipinski definition) is 1. The minimum Gasteiger partial charge on any atom is -0.378 e. The molecule has 1 aliphatic rings. The van der Waals surface area contributed by atoms with E-state index in [1.807, 2.05) is 0 Å². The van der Waals surface area contributed by atoms with Crippen molar-refractivity contribution >= 4 is 0 Å². The summed E-state index contributed by atoms with van der Waals surface area (Å²) >= 11 is 0. The summed E-state index contributed by atoms with van der Waals surface area (Å²) in [5.41, 5.74) is -0.716. The summed E-state index contributed by atoms with van der Waals surface area (Å²) in [5.74, 6) is -1.23. The Morgan fingerprint density at radius 3 is 2.62 bits per heavy atom. The zero-order chi connectivity index (χ0) is 15.5. The van der Waals surface area contributed by atoms with Crippen molar-refractivity contribution in [2.24, 2.45) is 0 Å². The second-order valence-electron chi connectivity index (χ2n) is 5.30. The van der Waals surface area contributed by atoms with Crippen molar-refractivity contribution in [1.82, 2.24) is 5.32 Å². The fourth-order valence-corrected chi connectivity index (χ4v) is 2.65. The minimum atomic E-state index is -4.66. The highest BCUT2D eigenvalue weighted by Crippen LogP contribution is 2.33. The van der Waals surface area contributed by atoms with E-state index >= 15 is 0 Å². The quantitative estimate of drug-likeness (QED) is 0.847. The molecule has 0 bridgehead atoms. The molecule has 21 heavy (non-hydrogen) atoms. The molecule has 6 heteroatoms. The van der Waals surface area contributed by atoms with Crippen molar-refractivity contribution in [3.05, 3.63) is 35.1 Å². The van der Waals surface area contributed by atoms with Crippen molar-refractivity contribution in [3.8, 4) is 0 Å². The lowest BCUT2D eigenvalue weighted by molar-refractivity contribution is -0.140. The van der Waals surface area contributed by atoms with Gasteiger partial charge in [-0.05, 0) is 50.4 Å². The summed E-state index contributed by atoms with van der Waals surface area (Å²) in [7, 11) is 1.71. The van der Waals surface area contributed by atoms with Gasteiger partial charge in [0.05, 0.1) is 11.7 Å². The summed E-state index contributed by atoms with van der Waals surface area (Å²) in [6.45, 7) is 0.711. The highest BCUT2D eigenvalue weighted by Gasteiger charge is 2.34. The van der Waals surface area contributed by atoms with Crippen LogP contribution in [0.15, 0.2) is 18.2 Å². The second-order valence-corrected chi connectivity index (χ2v) is 5.30. The van der Waals surface area contributed by atoms with Crippen molar-refractivity contribution < 1.29 is 22.3 Å². The molecule has 0 amide bonds. The average molecular weight is 305 g/mol. The van der Waals surface area contributed by atoms with E-state index in [1.54, 1.807) is 7.05 Å². The van der Waals surface area contributed by atoms with Crippen LogP contribution in [0.25, 0.3) is 0 Å². The maximum atomic E-state index is 13.6. The number of halogens is 4. The Morgan fingerprint density at radius 2 is 2.10 bits per heavy atom. The number of benzene rings is 1. The molecule has 0 spiro atoms. The maximum absolute atomic E-state index is 13.6. The van der Waals surface area contributed by atoms with Gasteiger partial charge in [-0.2, -0.15) is 13.2 Å². The molecule has 1 saturated heterocycles. The molecule has 1 aromatic rings. The third-order valence-electron chi connectivity index (χ3n) is 3.82. The monoisotopic (exact) mass is 305 g/mol. The van der Waals surface area contributed by atoms with E-state index in [9.17, 15) is 17.6 Å². The average Bonchev–Trinajstić information content (AvgIpc) is 2.44. The van der Waals surface area contributed by atoms with Gasteiger partial charge in [-0.15, -0.1) is 0 Å². The van der Waals surface area contributed by atoms with Crippen LogP contribution in [0.4, 0.5) is 17.6 Å². The van der Waals surface area contributed by atoms with Crippen LogP contribution in [0.2, 0.25) is 0 Å². The van der Waals surface area contributed by atoms with Gasteiger partial charge in [0.2, 0.25) is 0 Å². The Bertz CT molecular complexity index is 469. The SMILES string of the molecule is CNC(CC1CCCCO1)c1ccc(C(F)(F)F)c(F)c1. The molecular formula is C15H19F4NO. The van der Waals surface area contributed by atoms with E-state index in [2.05, 4.69) is 5.32 Å². The van der Waals surface area contributed by atoms with Crippen LogP contribution in [0.1, 0.15) is 42.9 Å². The van der Waals surface area contributed by atoms with Gasteiger partial charge in [-0.25, -0.2) is 4.39 Å². The number of nitrogens with one attached hydrogen (secondary N) is 1. The Hall–Kier alpha value is -1.14. The van der Waals surface area contributed by atoms with E-state index < -0.39 is 17.6 Å². The molecule has 0 aromatic heterocycles. The van der Waals surface area contributed by atoms with E-state index in [0.717, 1.165) is 31.4 Å². The van der Waals surface area contributed by atoms with E-state index in [1.165, 1.54) is 6.07 Å². The number of hydrogen-bond acceptors (Lipinski definition) is 2. The van der Waals surface area contributed by atoms with Crippen molar-refractivity contribution in [2.75, 3.05) is 13.7 Å². The van der Waals surface area contributed by atoms with Crippen LogP contribution >= 0.6 is 0 Å². The highest BCUT2D eigenvalue weighted by atomic mass is 19.4. The molecule has 118 valence electrons. The first-order valence-corrected chi connectivity index (χ1v) is 7.07. The molecule has 1 aromatic carbocycles. The topological polar surface area (TPSA) is 21.3 Å². The summed E-state index contributed by atoms with van der Waals surface area (Å²) in [6.07, 6.45) is -0.910. The molecule has 0 radical (unpaired) electrons. The number of alkyl halides is 3. The van der Waals surface area contributed by atoms with Crippen molar-refractivity contribution in [2.45, 2.75) is 44.0 Å². The zero-order valence-electron chi connectivity index (χ0n) is 11.8. The smallest absolute Gasteiger partial charge is 0.378 e.